The Kier molecular flexibility index (Phi) is 1.90. The van der Waals surface area contributed by atoms with Gasteiger partial charge in [0.25, 0.3) is 0 Å². The Morgan fingerprint density at radius 3 is 2.42 bits per heavy atom. The summed E-state index contributed by atoms with van der Waals surface area (Å²) in [7, 11) is 2.00. The molecular formula is C7H11ClO3S. The van der Waals surface area contributed by atoms with Gasteiger partial charge < -0.3 is 4.74 Å². The van der Waals surface area contributed by atoms with Gasteiger partial charge in [-0.05, 0) is 19.3 Å². The average molecular weight is 211 g/mol. The van der Waals surface area contributed by atoms with Crippen LogP contribution < -0.4 is 0 Å². The lowest BCUT2D eigenvalue weighted by Gasteiger charge is -2.16. The Morgan fingerprint density at radius 1 is 1.42 bits per heavy atom. The smallest absolute Gasteiger partial charge is 0.238 e. The first-order valence-corrected chi connectivity index (χ1v) is 6.39. The molecule has 1 aliphatic carbocycles. The molecule has 0 bridgehead atoms. The van der Waals surface area contributed by atoms with Crippen molar-refractivity contribution in [3.63, 3.8) is 0 Å². The fraction of sp³-hybridized carbons (Fsp3) is 1.00. The third-order valence-electron chi connectivity index (χ3n) is 2.90. The summed E-state index contributed by atoms with van der Waals surface area (Å²) in [6.07, 6.45) is 2.27. The van der Waals surface area contributed by atoms with E-state index in [0.717, 1.165) is 6.42 Å². The predicted molar refractivity (Wildman–Crippen MR) is 45.7 cm³/mol. The van der Waals surface area contributed by atoms with Crippen molar-refractivity contribution in [3.05, 3.63) is 0 Å². The summed E-state index contributed by atoms with van der Waals surface area (Å²) >= 11 is 0. The van der Waals surface area contributed by atoms with Crippen LogP contribution in [0.1, 0.15) is 19.3 Å². The molecule has 0 spiro atoms. The van der Waals surface area contributed by atoms with Gasteiger partial charge in [0.1, 0.15) is 0 Å². The summed E-state index contributed by atoms with van der Waals surface area (Å²) in [6, 6.07) is 0. The van der Waals surface area contributed by atoms with E-state index >= 15 is 0 Å². The molecule has 2 aliphatic rings. The molecule has 3 nitrogen and oxygen atoms in total. The molecule has 5 heteroatoms. The highest BCUT2D eigenvalue weighted by atomic mass is 35.7. The molecular weight excluding hydrogens is 200 g/mol. The fourth-order valence-corrected chi connectivity index (χ4v) is 3.94. The van der Waals surface area contributed by atoms with Crippen LogP contribution in [0.4, 0.5) is 0 Å². The van der Waals surface area contributed by atoms with Gasteiger partial charge in [0, 0.05) is 23.2 Å². The molecule has 1 saturated heterocycles. The molecule has 0 N–H and O–H groups in total. The van der Waals surface area contributed by atoms with E-state index in [1.807, 2.05) is 0 Å². The Balaban J connectivity index is 2.21. The van der Waals surface area contributed by atoms with Crippen molar-refractivity contribution in [3.8, 4) is 0 Å². The maximum Gasteiger partial charge on any atom is 0.238 e. The maximum absolute atomic E-state index is 11.2. The highest BCUT2D eigenvalue weighted by Gasteiger charge is 2.59. The molecule has 1 atom stereocenters. The average Bonchev–Trinajstić information content (AvgIpc) is 2.61. The lowest BCUT2D eigenvalue weighted by molar-refractivity contribution is 0.183. The molecule has 0 aromatic heterocycles. The first-order valence-electron chi connectivity index (χ1n) is 4.08. The van der Waals surface area contributed by atoms with E-state index in [1.165, 1.54) is 0 Å². The van der Waals surface area contributed by atoms with Gasteiger partial charge in [0.05, 0.1) is 11.4 Å². The van der Waals surface area contributed by atoms with E-state index in [-0.39, 0.29) is 5.92 Å². The minimum Gasteiger partial charge on any atom is -0.381 e. The summed E-state index contributed by atoms with van der Waals surface area (Å²) < 4.78 is 27.0. The second kappa shape index (κ2) is 2.59. The molecule has 1 unspecified atom stereocenters. The summed E-state index contributed by atoms with van der Waals surface area (Å²) in [6.45, 7) is 1.24. The highest BCUT2D eigenvalue weighted by molar-refractivity contribution is 8.15. The molecule has 0 radical (unpaired) electrons. The highest BCUT2D eigenvalue weighted by Crippen LogP contribution is 2.53. The topological polar surface area (TPSA) is 43.4 Å². The molecule has 0 aromatic rings. The van der Waals surface area contributed by atoms with Crippen LogP contribution in [0.5, 0.6) is 0 Å². The first-order chi connectivity index (χ1) is 5.56. The lowest BCUT2D eigenvalue weighted by Crippen LogP contribution is -2.29. The number of hydrogen-bond donors (Lipinski definition) is 0. The second-order valence-electron chi connectivity index (χ2n) is 3.56. The van der Waals surface area contributed by atoms with E-state index in [2.05, 4.69) is 0 Å². The van der Waals surface area contributed by atoms with Gasteiger partial charge in [0.2, 0.25) is 9.05 Å². The third kappa shape index (κ3) is 1.17. The van der Waals surface area contributed by atoms with Gasteiger partial charge in [-0.15, -0.1) is 0 Å². The molecule has 2 rings (SSSR count). The predicted octanol–water partition coefficient (Wildman–Crippen LogP) is 1.12. The summed E-state index contributed by atoms with van der Waals surface area (Å²) in [5.41, 5.74) is 0. The maximum atomic E-state index is 11.2. The van der Waals surface area contributed by atoms with Crippen molar-refractivity contribution in [1.29, 1.82) is 0 Å². The van der Waals surface area contributed by atoms with Crippen LogP contribution in [0.15, 0.2) is 0 Å². The van der Waals surface area contributed by atoms with Crippen LogP contribution in [0, 0.1) is 5.92 Å². The zero-order chi connectivity index (χ0) is 8.82. The van der Waals surface area contributed by atoms with E-state index in [0.29, 0.717) is 26.1 Å². The minimum atomic E-state index is -3.38. The van der Waals surface area contributed by atoms with E-state index < -0.39 is 13.8 Å². The van der Waals surface area contributed by atoms with Gasteiger partial charge in [-0.2, -0.15) is 0 Å². The SMILES string of the molecule is O=S(=O)(Cl)C1(C2CCOC2)CC1. The van der Waals surface area contributed by atoms with E-state index in [9.17, 15) is 8.42 Å². The monoisotopic (exact) mass is 210 g/mol. The van der Waals surface area contributed by atoms with Crippen molar-refractivity contribution in [2.75, 3.05) is 13.2 Å². The van der Waals surface area contributed by atoms with Crippen LogP contribution in [-0.4, -0.2) is 26.4 Å². The molecule has 0 amide bonds. The molecule has 0 aromatic carbocycles. The van der Waals surface area contributed by atoms with E-state index in [1.54, 1.807) is 0 Å². The first kappa shape index (κ1) is 8.78. The minimum absolute atomic E-state index is 0.139. The molecule has 70 valence electrons. The standard InChI is InChI=1S/C7H11ClO3S/c8-12(9,10)7(2-3-7)6-1-4-11-5-6/h6H,1-5H2. The third-order valence-corrected chi connectivity index (χ3v) is 5.54. The normalized spacial score (nSPS) is 33.6. The van der Waals surface area contributed by atoms with Crippen molar-refractivity contribution in [2.24, 2.45) is 5.92 Å². The molecule has 1 heterocycles. The summed E-state index contributed by atoms with van der Waals surface area (Å²) in [4.78, 5) is 0. The van der Waals surface area contributed by atoms with Crippen LogP contribution in [0.3, 0.4) is 0 Å². The molecule has 1 saturated carbocycles. The van der Waals surface area contributed by atoms with Gasteiger partial charge in [-0.25, -0.2) is 8.42 Å². The molecule has 12 heavy (non-hydrogen) atoms. The zero-order valence-electron chi connectivity index (χ0n) is 6.62. The van der Waals surface area contributed by atoms with Crippen LogP contribution in [0.25, 0.3) is 0 Å². The quantitative estimate of drug-likeness (QED) is 0.642. The number of halogens is 1. The zero-order valence-corrected chi connectivity index (χ0v) is 8.20. The van der Waals surface area contributed by atoms with Crippen LogP contribution >= 0.6 is 10.7 Å². The van der Waals surface area contributed by atoms with Gasteiger partial charge >= 0.3 is 0 Å². The Bertz CT molecular complexity index is 275. The summed E-state index contributed by atoms with van der Waals surface area (Å²) in [5, 5.41) is 0. The number of ether oxygens (including phenoxy) is 1. The van der Waals surface area contributed by atoms with Gasteiger partial charge in [-0.1, -0.05) is 0 Å². The largest absolute Gasteiger partial charge is 0.381 e. The van der Waals surface area contributed by atoms with Gasteiger partial charge in [-0.3, -0.25) is 0 Å². The Hall–Kier alpha value is 0.200. The van der Waals surface area contributed by atoms with Crippen LogP contribution in [-0.2, 0) is 13.8 Å². The lowest BCUT2D eigenvalue weighted by atomic mass is 10.0. The van der Waals surface area contributed by atoms with E-state index in [4.69, 9.17) is 15.4 Å². The molecule has 2 fully saturated rings. The fourth-order valence-electron chi connectivity index (χ4n) is 1.92. The second-order valence-corrected chi connectivity index (χ2v) is 6.47. The number of hydrogen-bond acceptors (Lipinski definition) is 3. The van der Waals surface area contributed by atoms with Crippen molar-refractivity contribution in [1.82, 2.24) is 0 Å². The number of rotatable bonds is 2. The van der Waals surface area contributed by atoms with Crippen molar-refractivity contribution < 1.29 is 13.2 Å². The van der Waals surface area contributed by atoms with Crippen LogP contribution in [0.2, 0.25) is 0 Å². The van der Waals surface area contributed by atoms with Crippen molar-refractivity contribution in [2.45, 2.75) is 24.0 Å². The van der Waals surface area contributed by atoms with Crippen molar-refractivity contribution >= 4 is 19.7 Å². The Morgan fingerprint density at radius 2 is 2.08 bits per heavy atom. The summed E-state index contributed by atoms with van der Waals surface area (Å²) in [5.74, 6) is 0.139. The molecule has 1 aliphatic heterocycles. The van der Waals surface area contributed by atoms with Gasteiger partial charge in [0.15, 0.2) is 0 Å². The Labute approximate surface area is 76.5 Å².